The molecular weight excluding hydrogens is 152 g/mol. The van der Waals surface area contributed by atoms with E-state index in [1.54, 1.807) is 0 Å². The molecular formula is C6H4O5-2. The van der Waals surface area contributed by atoms with E-state index in [4.69, 9.17) is 5.11 Å². The van der Waals surface area contributed by atoms with Crippen LogP contribution in [0.15, 0.2) is 24.0 Å². The highest BCUT2D eigenvalue weighted by atomic mass is 16.4. The number of allylic oxidation sites excluding steroid dienone is 1. The Morgan fingerprint density at radius 1 is 1.18 bits per heavy atom. The van der Waals surface area contributed by atoms with Crippen molar-refractivity contribution in [3.05, 3.63) is 24.0 Å². The van der Waals surface area contributed by atoms with E-state index in [0.717, 1.165) is 0 Å². The first-order valence-corrected chi connectivity index (χ1v) is 2.53. The molecule has 0 saturated heterocycles. The van der Waals surface area contributed by atoms with Gasteiger partial charge in [0.15, 0.2) is 0 Å². The molecule has 0 saturated carbocycles. The van der Waals surface area contributed by atoms with Crippen LogP contribution in [0.25, 0.3) is 0 Å². The first-order chi connectivity index (χ1) is 5.02. The van der Waals surface area contributed by atoms with Crippen molar-refractivity contribution in [2.75, 3.05) is 0 Å². The molecule has 5 heteroatoms. The normalized spacial score (nSPS) is 11.8. The second-order valence-electron chi connectivity index (χ2n) is 1.54. The zero-order valence-corrected chi connectivity index (χ0v) is 5.31. The topological polar surface area (TPSA) is 100 Å². The van der Waals surface area contributed by atoms with E-state index >= 15 is 0 Å². The molecule has 0 heterocycles. The van der Waals surface area contributed by atoms with Crippen LogP contribution in [0.5, 0.6) is 0 Å². The molecule has 60 valence electrons. The van der Waals surface area contributed by atoms with E-state index in [9.17, 15) is 19.8 Å². The highest BCUT2D eigenvalue weighted by Crippen LogP contribution is 1.84. The number of rotatable bonds is 3. The molecule has 0 amide bonds. The van der Waals surface area contributed by atoms with Gasteiger partial charge in [-0.05, 0) is 6.08 Å². The Balaban J connectivity index is 4.17. The lowest BCUT2D eigenvalue weighted by molar-refractivity contribution is -0.300. The number of aliphatic carboxylic acids is 2. The first-order valence-electron chi connectivity index (χ1n) is 2.53. The average Bonchev–Trinajstić information content (AvgIpc) is 1.82. The Hall–Kier alpha value is -1.78. The van der Waals surface area contributed by atoms with Crippen molar-refractivity contribution < 1.29 is 24.9 Å². The molecule has 1 N–H and O–H groups in total. The zero-order valence-electron chi connectivity index (χ0n) is 5.31. The number of carbonyl (C=O) groups excluding carboxylic acids is 1. The molecule has 0 rings (SSSR count). The van der Waals surface area contributed by atoms with E-state index < -0.39 is 17.7 Å². The maximum absolute atomic E-state index is 10.3. The van der Waals surface area contributed by atoms with Gasteiger partial charge in [-0.3, -0.25) is 0 Å². The zero-order chi connectivity index (χ0) is 8.85. The molecule has 0 aromatic carbocycles. The minimum absolute atomic E-state index is 0.347. The van der Waals surface area contributed by atoms with Crippen LogP contribution in [0.3, 0.4) is 0 Å². The summed E-state index contributed by atoms with van der Waals surface area (Å²) in [7, 11) is 0. The molecule has 0 unspecified atom stereocenters. The Morgan fingerprint density at radius 3 is 2.09 bits per heavy atom. The van der Waals surface area contributed by atoms with Crippen molar-refractivity contribution in [3.63, 3.8) is 0 Å². The molecule has 0 aliphatic heterocycles. The molecule has 0 atom stereocenters. The van der Waals surface area contributed by atoms with E-state index in [1.165, 1.54) is 0 Å². The number of hydrogen-bond acceptors (Lipinski definition) is 4. The number of carboxylic acid groups (broad SMARTS) is 2. The van der Waals surface area contributed by atoms with Crippen molar-refractivity contribution in [2.24, 2.45) is 0 Å². The Morgan fingerprint density at radius 2 is 1.73 bits per heavy atom. The molecule has 0 radical (unpaired) electrons. The summed E-state index contributed by atoms with van der Waals surface area (Å²) in [5.41, 5.74) is 0. The number of hydrogen-bond donors (Lipinski definition) is 1. The molecule has 0 spiro atoms. The quantitative estimate of drug-likeness (QED) is 0.279. The fourth-order valence-electron chi connectivity index (χ4n) is 0.320. The third-order valence-electron chi connectivity index (χ3n) is 0.649. The molecule has 0 fully saturated rings. The predicted octanol–water partition coefficient (Wildman–Crippen LogP) is -2.38. The summed E-state index contributed by atoms with van der Waals surface area (Å²) in [5, 5.41) is 28.0. The fourth-order valence-corrected chi connectivity index (χ4v) is 0.320. The lowest BCUT2D eigenvalue weighted by Crippen LogP contribution is -2.19. The molecule has 0 aliphatic rings. The fraction of sp³-hybridized carbons (Fsp3) is 0. The van der Waals surface area contributed by atoms with Gasteiger partial charge < -0.3 is 20.1 Å². The highest BCUT2D eigenvalue weighted by molar-refractivity contribution is 5.82. The van der Waals surface area contributed by atoms with Crippen molar-refractivity contribution in [2.45, 2.75) is 0 Å². The molecule has 0 aromatic rings. The van der Waals surface area contributed by atoms with Crippen molar-refractivity contribution >= 4 is 11.9 Å². The number of carboxylic acids is 2. The Labute approximate surface area is 61.9 Å². The van der Waals surface area contributed by atoms with Crippen LogP contribution in [-0.4, -0.2) is 17.0 Å². The SMILES string of the molecule is O=C([O-])/C=C\C([O-])=C\C(=O)O. The Kier molecular flexibility index (Phi) is 3.44. The maximum Gasteiger partial charge on any atom is 0.327 e. The van der Waals surface area contributed by atoms with E-state index in [2.05, 4.69) is 0 Å². The number of carbonyl (C=O) groups is 2. The predicted molar refractivity (Wildman–Crippen MR) is 29.9 cm³/mol. The summed E-state index contributed by atoms with van der Waals surface area (Å²) in [6, 6.07) is 0. The van der Waals surface area contributed by atoms with Crippen LogP contribution in [0.4, 0.5) is 0 Å². The van der Waals surface area contributed by atoms with Gasteiger partial charge in [0.2, 0.25) is 0 Å². The van der Waals surface area contributed by atoms with Crippen LogP contribution in [0.1, 0.15) is 0 Å². The van der Waals surface area contributed by atoms with Gasteiger partial charge in [0.25, 0.3) is 0 Å². The van der Waals surface area contributed by atoms with E-state index in [0.29, 0.717) is 18.2 Å². The average molecular weight is 156 g/mol. The van der Waals surface area contributed by atoms with Gasteiger partial charge in [0.05, 0.1) is 5.97 Å². The van der Waals surface area contributed by atoms with Crippen LogP contribution in [0, 0.1) is 0 Å². The van der Waals surface area contributed by atoms with Crippen LogP contribution in [0.2, 0.25) is 0 Å². The van der Waals surface area contributed by atoms with Gasteiger partial charge >= 0.3 is 5.97 Å². The minimum atomic E-state index is -1.54. The lowest BCUT2D eigenvalue weighted by atomic mass is 10.4. The third kappa shape index (κ3) is 6.10. The lowest BCUT2D eigenvalue weighted by Gasteiger charge is -2.02. The Bertz CT molecular complexity index is 225. The van der Waals surface area contributed by atoms with E-state index in [-0.39, 0.29) is 0 Å². The first kappa shape index (κ1) is 9.22. The van der Waals surface area contributed by atoms with Gasteiger partial charge in [-0.25, -0.2) is 4.79 Å². The molecule has 0 aromatic heterocycles. The summed E-state index contributed by atoms with van der Waals surface area (Å²) < 4.78 is 0. The second-order valence-corrected chi connectivity index (χ2v) is 1.54. The minimum Gasteiger partial charge on any atom is -0.872 e. The summed E-state index contributed by atoms with van der Waals surface area (Å²) in [6.07, 6.45) is 1.41. The highest BCUT2D eigenvalue weighted by Gasteiger charge is 1.83. The summed E-state index contributed by atoms with van der Waals surface area (Å²) in [6.45, 7) is 0. The van der Waals surface area contributed by atoms with Crippen molar-refractivity contribution in [3.8, 4) is 0 Å². The molecule has 5 nitrogen and oxygen atoms in total. The van der Waals surface area contributed by atoms with Crippen molar-refractivity contribution in [1.82, 2.24) is 0 Å². The second kappa shape index (κ2) is 4.10. The van der Waals surface area contributed by atoms with Crippen LogP contribution >= 0.6 is 0 Å². The standard InChI is InChI=1S/C6H6O5/c7-4(3-6(10)11)1-2-5(8)9/h1-3,7H,(H,8,9)(H,10,11)/p-2/b2-1-,4-3-. The monoisotopic (exact) mass is 156 g/mol. The summed E-state index contributed by atoms with van der Waals surface area (Å²) >= 11 is 0. The van der Waals surface area contributed by atoms with E-state index in [1.807, 2.05) is 0 Å². The van der Waals surface area contributed by atoms with Crippen LogP contribution < -0.4 is 10.2 Å². The van der Waals surface area contributed by atoms with Gasteiger partial charge in [0.1, 0.15) is 0 Å². The van der Waals surface area contributed by atoms with Gasteiger partial charge in [-0.2, -0.15) is 0 Å². The van der Waals surface area contributed by atoms with Gasteiger partial charge in [-0.15, -0.1) is 5.76 Å². The smallest absolute Gasteiger partial charge is 0.327 e. The molecule has 0 aliphatic carbocycles. The molecule has 11 heavy (non-hydrogen) atoms. The maximum atomic E-state index is 10.3. The third-order valence-corrected chi connectivity index (χ3v) is 0.649. The largest absolute Gasteiger partial charge is 0.872 e. The molecule has 0 bridgehead atoms. The summed E-state index contributed by atoms with van der Waals surface area (Å²) in [4.78, 5) is 19.5. The summed E-state index contributed by atoms with van der Waals surface area (Å²) in [5.74, 6) is -3.86. The van der Waals surface area contributed by atoms with Crippen molar-refractivity contribution in [1.29, 1.82) is 0 Å². The van der Waals surface area contributed by atoms with Gasteiger partial charge in [-0.1, -0.05) is 6.08 Å². The van der Waals surface area contributed by atoms with Gasteiger partial charge in [0, 0.05) is 6.08 Å². The van der Waals surface area contributed by atoms with Crippen LogP contribution in [-0.2, 0) is 9.59 Å².